The molecular weight excluding hydrogens is 317 g/mol. The number of rotatable bonds is 5. The normalized spacial score (nSPS) is 10.1. The summed E-state index contributed by atoms with van der Waals surface area (Å²) in [5, 5.41) is 0. The average Bonchev–Trinajstić information content (AvgIpc) is 2.40. The van der Waals surface area contributed by atoms with Gasteiger partial charge in [0.25, 0.3) is 5.91 Å². The monoisotopic (exact) mass is 331 g/mol. The fourth-order valence-electron chi connectivity index (χ4n) is 1.55. The van der Waals surface area contributed by atoms with Crippen molar-refractivity contribution in [2.24, 2.45) is 0 Å². The molecule has 0 aliphatic rings. The first-order valence-corrected chi connectivity index (χ1v) is 6.60. The molecule has 0 radical (unpaired) electrons. The second-order valence-electron chi connectivity index (χ2n) is 3.93. The second kappa shape index (κ2) is 7.23. The first-order valence-electron chi connectivity index (χ1n) is 5.80. The molecule has 104 valence electrons. The quantitative estimate of drug-likeness (QED) is 0.779. The number of amides is 1. The number of hydrogen-bond donors (Lipinski definition) is 0. The molecule has 0 spiro atoms. The molecule has 0 saturated heterocycles. The van der Waals surface area contributed by atoms with Gasteiger partial charge in [0.1, 0.15) is 12.4 Å². The Morgan fingerprint density at radius 2 is 2.11 bits per heavy atom. The topological polar surface area (TPSA) is 46.6 Å². The number of nitrogens with zero attached hydrogens (tertiary/aromatic N) is 1. The third-order valence-electron chi connectivity index (χ3n) is 2.49. The third-order valence-corrected chi connectivity index (χ3v) is 3.14. The van der Waals surface area contributed by atoms with Gasteiger partial charge in [0.15, 0.2) is 0 Å². The van der Waals surface area contributed by atoms with Gasteiger partial charge in [-0.15, -0.1) is 0 Å². The van der Waals surface area contributed by atoms with E-state index in [-0.39, 0.29) is 12.1 Å². The number of esters is 1. The summed E-state index contributed by atoms with van der Waals surface area (Å²) < 4.78 is 18.2. The maximum atomic E-state index is 13.4. The molecule has 0 bridgehead atoms. The molecule has 4 nitrogen and oxygen atoms in total. The molecule has 0 aliphatic heterocycles. The summed E-state index contributed by atoms with van der Waals surface area (Å²) in [6, 6.07) is 4.12. The van der Waals surface area contributed by atoms with Crippen LogP contribution in [0, 0.1) is 5.82 Å². The Labute approximate surface area is 119 Å². The lowest BCUT2D eigenvalue weighted by Crippen LogP contribution is -2.36. The molecule has 1 aromatic carbocycles. The fraction of sp³-hybridized carbons (Fsp3) is 0.385. The molecule has 0 aromatic heterocycles. The fourth-order valence-corrected chi connectivity index (χ4v) is 1.80. The van der Waals surface area contributed by atoms with Gasteiger partial charge in [-0.05, 0) is 40.5 Å². The van der Waals surface area contributed by atoms with Crippen molar-refractivity contribution in [3.05, 3.63) is 34.1 Å². The molecule has 0 atom stereocenters. The van der Waals surface area contributed by atoms with Crippen LogP contribution in [0.3, 0.4) is 0 Å². The number of ether oxygens (including phenoxy) is 1. The van der Waals surface area contributed by atoms with Crippen LogP contribution in [-0.2, 0) is 9.53 Å². The van der Waals surface area contributed by atoms with Crippen LogP contribution in [0.5, 0.6) is 0 Å². The Morgan fingerprint density at radius 1 is 1.42 bits per heavy atom. The van der Waals surface area contributed by atoms with E-state index in [1.807, 2.05) is 6.92 Å². The van der Waals surface area contributed by atoms with Gasteiger partial charge in [-0.25, -0.2) is 4.39 Å². The van der Waals surface area contributed by atoms with Crippen molar-refractivity contribution in [3.63, 3.8) is 0 Å². The van der Waals surface area contributed by atoms with E-state index in [9.17, 15) is 14.0 Å². The Kier molecular flexibility index (Phi) is 5.95. The average molecular weight is 332 g/mol. The van der Waals surface area contributed by atoms with E-state index < -0.39 is 17.7 Å². The first kappa shape index (κ1) is 15.6. The molecule has 0 N–H and O–H groups in total. The molecule has 1 aromatic rings. The Bertz CT molecular complexity index is 479. The van der Waals surface area contributed by atoms with Crippen molar-refractivity contribution >= 4 is 27.8 Å². The molecule has 1 rings (SSSR count). The van der Waals surface area contributed by atoms with Gasteiger partial charge in [-0.1, -0.05) is 6.92 Å². The van der Waals surface area contributed by atoms with Gasteiger partial charge in [0.05, 0.1) is 11.6 Å². The van der Waals surface area contributed by atoms with Crippen molar-refractivity contribution in [2.75, 3.05) is 20.2 Å². The van der Waals surface area contributed by atoms with Crippen LogP contribution >= 0.6 is 15.9 Å². The molecule has 6 heteroatoms. The van der Waals surface area contributed by atoms with Gasteiger partial charge in [0.2, 0.25) is 0 Å². The van der Waals surface area contributed by atoms with Crippen molar-refractivity contribution in [1.29, 1.82) is 0 Å². The van der Waals surface area contributed by atoms with Crippen LogP contribution in [0.15, 0.2) is 22.7 Å². The zero-order valence-electron chi connectivity index (χ0n) is 10.8. The molecule has 19 heavy (non-hydrogen) atoms. The maximum Gasteiger partial charge on any atom is 0.325 e. The third kappa shape index (κ3) is 4.31. The number of methoxy groups -OCH3 is 1. The van der Waals surface area contributed by atoms with Crippen LogP contribution in [0.2, 0.25) is 0 Å². The predicted octanol–water partition coefficient (Wildman–Crippen LogP) is 2.61. The smallest absolute Gasteiger partial charge is 0.325 e. The van der Waals surface area contributed by atoms with Crippen molar-refractivity contribution in [3.8, 4) is 0 Å². The molecular formula is C13H15BrFNO3. The van der Waals surface area contributed by atoms with Crippen molar-refractivity contribution in [2.45, 2.75) is 13.3 Å². The summed E-state index contributed by atoms with van der Waals surface area (Å²) in [4.78, 5) is 24.8. The number of halogens is 2. The minimum atomic E-state index is -0.514. The van der Waals surface area contributed by atoms with Gasteiger partial charge in [0, 0.05) is 12.1 Å². The summed E-state index contributed by atoms with van der Waals surface area (Å²) in [6.45, 7) is 2.16. The summed E-state index contributed by atoms with van der Waals surface area (Å²) in [7, 11) is 1.26. The highest BCUT2D eigenvalue weighted by Crippen LogP contribution is 2.17. The zero-order chi connectivity index (χ0) is 14.4. The predicted molar refractivity (Wildman–Crippen MR) is 72.3 cm³/mol. The lowest BCUT2D eigenvalue weighted by molar-refractivity contribution is -0.141. The summed E-state index contributed by atoms with van der Waals surface area (Å²) in [5.74, 6) is -1.40. The van der Waals surface area contributed by atoms with Crippen molar-refractivity contribution in [1.82, 2.24) is 4.90 Å². The Morgan fingerprint density at radius 3 is 2.63 bits per heavy atom. The van der Waals surface area contributed by atoms with E-state index >= 15 is 0 Å². The van der Waals surface area contributed by atoms with Crippen LogP contribution < -0.4 is 0 Å². The minimum absolute atomic E-state index is 0.138. The van der Waals surface area contributed by atoms with E-state index in [0.717, 1.165) is 6.07 Å². The summed E-state index contributed by atoms with van der Waals surface area (Å²) in [5.41, 5.74) is 0.207. The molecule has 0 aliphatic carbocycles. The minimum Gasteiger partial charge on any atom is -0.468 e. The van der Waals surface area contributed by atoms with E-state index in [2.05, 4.69) is 20.7 Å². The SMILES string of the molecule is CCCN(CC(=O)OC)C(=O)c1ccc(Br)c(F)c1. The highest BCUT2D eigenvalue weighted by Gasteiger charge is 2.19. The lowest BCUT2D eigenvalue weighted by atomic mass is 10.2. The molecule has 1 amide bonds. The number of carbonyl (C=O) groups is 2. The zero-order valence-corrected chi connectivity index (χ0v) is 12.4. The van der Waals surface area contributed by atoms with Crippen molar-refractivity contribution < 1.29 is 18.7 Å². The maximum absolute atomic E-state index is 13.4. The van der Waals surface area contributed by atoms with E-state index in [0.29, 0.717) is 17.4 Å². The van der Waals surface area contributed by atoms with Gasteiger partial charge in [-0.2, -0.15) is 0 Å². The Balaban J connectivity index is 2.91. The highest BCUT2D eigenvalue weighted by molar-refractivity contribution is 9.10. The molecule has 0 unspecified atom stereocenters. The van der Waals surface area contributed by atoms with E-state index in [4.69, 9.17) is 0 Å². The number of carbonyl (C=O) groups excluding carboxylic acids is 2. The Hall–Kier alpha value is -1.43. The summed E-state index contributed by atoms with van der Waals surface area (Å²) >= 11 is 3.02. The van der Waals surface area contributed by atoms with Crippen LogP contribution in [-0.4, -0.2) is 37.0 Å². The van der Waals surface area contributed by atoms with Gasteiger partial charge in [-0.3, -0.25) is 9.59 Å². The standard InChI is InChI=1S/C13H15BrFNO3/c1-3-6-16(8-12(17)19-2)13(18)9-4-5-10(14)11(15)7-9/h4-5,7H,3,6,8H2,1-2H3. The molecule has 0 fully saturated rings. The number of benzene rings is 1. The van der Waals surface area contributed by atoms with Gasteiger partial charge >= 0.3 is 5.97 Å². The van der Waals surface area contributed by atoms with E-state index in [1.165, 1.54) is 24.1 Å². The lowest BCUT2D eigenvalue weighted by Gasteiger charge is -2.20. The van der Waals surface area contributed by atoms with Crippen LogP contribution in [0.4, 0.5) is 4.39 Å². The summed E-state index contributed by atoms with van der Waals surface area (Å²) in [6.07, 6.45) is 0.696. The molecule has 0 heterocycles. The first-order chi connectivity index (χ1) is 8.99. The highest BCUT2D eigenvalue weighted by atomic mass is 79.9. The van der Waals surface area contributed by atoms with Crippen LogP contribution in [0.25, 0.3) is 0 Å². The van der Waals surface area contributed by atoms with E-state index in [1.54, 1.807) is 0 Å². The second-order valence-corrected chi connectivity index (χ2v) is 4.79. The van der Waals surface area contributed by atoms with Gasteiger partial charge < -0.3 is 9.64 Å². The number of hydrogen-bond acceptors (Lipinski definition) is 3. The molecule has 0 saturated carbocycles. The van der Waals surface area contributed by atoms with Crippen LogP contribution in [0.1, 0.15) is 23.7 Å². The largest absolute Gasteiger partial charge is 0.468 e.